The Labute approximate surface area is 132 Å². The fourth-order valence-corrected chi connectivity index (χ4v) is 3.44. The van der Waals surface area contributed by atoms with Crippen molar-refractivity contribution in [1.29, 1.82) is 0 Å². The van der Waals surface area contributed by atoms with Crippen LogP contribution in [0.2, 0.25) is 0 Å². The summed E-state index contributed by atoms with van der Waals surface area (Å²) in [4.78, 5) is 9.20. The summed E-state index contributed by atoms with van der Waals surface area (Å²) in [6, 6.07) is 0. The van der Waals surface area contributed by atoms with E-state index in [0.717, 1.165) is 46.3 Å². The van der Waals surface area contributed by atoms with Crippen molar-refractivity contribution in [2.45, 2.75) is 39.1 Å². The summed E-state index contributed by atoms with van der Waals surface area (Å²) in [6.07, 6.45) is 0.872. The van der Waals surface area contributed by atoms with E-state index in [2.05, 4.69) is 25.0 Å². The number of nitrogens with zero attached hydrogens (tertiary/aromatic N) is 5. The Morgan fingerprint density at radius 3 is 2.71 bits per heavy atom. The Hall–Kier alpha value is -1.40. The molecule has 0 bridgehead atoms. The van der Waals surface area contributed by atoms with Crippen molar-refractivity contribution in [1.82, 2.24) is 24.3 Å². The number of rotatable bonds is 4. The van der Waals surface area contributed by atoms with E-state index in [4.69, 9.17) is 11.6 Å². The van der Waals surface area contributed by atoms with Crippen LogP contribution in [0.25, 0.3) is 11.2 Å². The Bertz CT molecular complexity index is 783. The average molecular weight is 324 g/mol. The summed E-state index contributed by atoms with van der Waals surface area (Å²) >= 11 is 7.98. The maximum absolute atomic E-state index is 6.30. The zero-order valence-corrected chi connectivity index (χ0v) is 14.2. The zero-order valence-electron chi connectivity index (χ0n) is 12.6. The summed E-state index contributed by atoms with van der Waals surface area (Å²) in [5, 5.41) is 7.53. The van der Waals surface area contributed by atoms with E-state index in [0.29, 0.717) is 0 Å². The maximum atomic E-state index is 6.30. The summed E-state index contributed by atoms with van der Waals surface area (Å²) in [5.74, 6) is 0.898. The monoisotopic (exact) mass is 323 g/mol. The molecule has 0 aromatic carbocycles. The number of hydrogen-bond acceptors (Lipinski definition) is 4. The minimum Gasteiger partial charge on any atom is -0.311 e. The van der Waals surface area contributed by atoms with E-state index >= 15 is 0 Å². The molecule has 112 valence electrons. The molecule has 0 amide bonds. The van der Waals surface area contributed by atoms with Crippen molar-refractivity contribution in [3.05, 3.63) is 27.6 Å². The molecule has 1 atom stereocenters. The average Bonchev–Trinajstić information content (AvgIpc) is 3.05. The molecule has 0 aliphatic heterocycles. The molecule has 0 fully saturated rings. The number of halogens is 1. The first-order valence-corrected chi connectivity index (χ1v) is 8.23. The normalized spacial score (nSPS) is 13.2. The quantitative estimate of drug-likeness (QED) is 0.691. The molecule has 0 saturated carbocycles. The lowest BCUT2D eigenvalue weighted by atomic mass is 10.3. The van der Waals surface area contributed by atoms with E-state index in [1.807, 2.05) is 32.5 Å². The fourth-order valence-electron chi connectivity index (χ4n) is 2.63. The van der Waals surface area contributed by atoms with E-state index in [-0.39, 0.29) is 5.38 Å². The molecular weight excluding hydrogens is 306 g/mol. The molecule has 0 aliphatic carbocycles. The van der Waals surface area contributed by atoms with Crippen LogP contribution in [0, 0.1) is 13.8 Å². The number of fused-ring (bicyclic) bond motifs is 1. The van der Waals surface area contributed by atoms with Gasteiger partial charge in [-0.25, -0.2) is 9.97 Å². The molecule has 1 unspecified atom stereocenters. The molecule has 0 radical (unpaired) electrons. The molecule has 0 N–H and O–H groups in total. The standard InChI is InChI=1S/C14H18ClN5S/c1-8(15)13-17-12-9(2)18-19(4)14(12)20(13)6-5-11-7-21-10(3)16-11/h7-8H,5-6H2,1-4H3. The van der Waals surface area contributed by atoms with Gasteiger partial charge in [-0.15, -0.1) is 22.9 Å². The topological polar surface area (TPSA) is 48.5 Å². The Morgan fingerprint density at radius 1 is 1.33 bits per heavy atom. The molecule has 3 aromatic heterocycles. The van der Waals surface area contributed by atoms with Crippen molar-refractivity contribution in [3.8, 4) is 0 Å². The second-order valence-corrected chi connectivity index (χ2v) is 6.94. The van der Waals surface area contributed by atoms with E-state index in [1.54, 1.807) is 11.3 Å². The van der Waals surface area contributed by atoms with Crippen molar-refractivity contribution < 1.29 is 0 Å². The van der Waals surface area contributed by atoms with Gasteiger partial charge in [-0.1, -0.05) is 0 Å². The molecule has 0 saturated heterocycles. The minimum atomic E-state index is -0.131. The van der Waals surface area contributed by atoms with Gasteiger partial charge >= 0.3 is 0 Å². The van der Waals surface area contributed by atoms with Gasteiger partial charge in [0.05, 0.1) is 21.8 Å². The van der Waals surface area contributed by atoms with Crippen LogP contribution in [-0.2, 0) is 20.0 Å². The molecule has 0 aliphatic rings. The third kappa shape index (κ3) is 2.58. The summed E-state index contributed by atoms with van der Waals surface area (Å²) < 4.78 is 4.05. The molecule has 3 aromatic rings. The summed E-state index contributed by atoms with van der Waals surface area (Å²) in [6.45, 7) is 6.77. The van der Waals surface area contributed by atoms with Gasteiger partial charge in [0.25, 0.3) is 0 Å². The highest BCUT2D eigenvalue weighted by atomic mass is 35.5. The smallest absolute Gasteiger partial charge is 0.158 e. The van der Waals surface area contributed by atoms with Gasteiger partial charge in [-0.3, -0.25) is 4.68 Å². The van der Waals surface area contributed by atoms with Crippen LogP contribution in [0.3, 0.4) is 0 Å². The number of aromatic nitrogens is 5. The van der Waals surface area contributed by atoms with Crippen LogP contribution in [0.4, 0.5) is 0 Å². The number of hydrogen-bond donors (Lipinski definition) is 0. The third-order valence-electron chi connectivity index (χ3n) is 3.53. The second-order valence-electron chi connectivity index (χ2n) is 5.23. The Kier molecular flexibility index (Phi) is 3.75. The number of aryl methyl sites for hydroxylation is 5. The highest BCUT2D eigenvalue weighted by Gasteiger charge is 2.20. The van der Waals surface area contributed by atoms with Gasteiger partial charge in [-0.2, -0.15) is 5.10 Å². The van der Waals surface area contributed by atoms with Gasteiger partial charge in [0.15, 0.2) is 5.65 Å². The van der Waals surface area contributed by atoms with Crippen LogP contribution in [0.1, 0.15) is 34.5 Å². The number of alkyl halides is 1. The molecule has 21 heavy (non-hydrogen) atoms. The Balaban J connectivity index is 2.00. The van der Waals surface area contributed by atoms with Gasteiger partial charge < -0.3 is 4.57 Å². The van der Waals surface area contributed by atoms with Crippen LogP contribution >= 0.6 is 22.9 Å². The number of imidazole rings is 1. The summed E-state index contributed by atoms with van der Waals surface area (Å²) in [5.41, 5.74) is 4.03. The molecular formula is C14H18ClN5S. The lowest BCUT2D eigenvalue weighted by Gasteiger charge is -2.10. The fraction of sp³-hybridized carbons (Fsp3) is 0.500. The zero-order chi connectivity index (χ0) is 15.1. The van der Waals surface area contributed by atoms with Crippen molar-refractivity contribution >= 4 is 34.1 Å². The predicted molar refractivity (Wildman–Crippen MR) is 86.1 cm³/mol. The maximum Gasteiger partial charge on any atom is 0.158 e. The molecule has 3 heterocycles. The first-order chi connectivity index (χ1) is 9.97. The second kappa shape index (κ2) is 5.42. The van der Waals surface area contributed by atoms with E-state index in [9.17, 15) is 0 Å². The molecule has 3 rings (SSSR count). The largest absolute Gasteiger partial charge is 0.311 e. The van der Waals surface area contributed by atoms with Crippen molar-refractivity contribution in [2.75, 3.05) is 0 Å². The van der Waals surface area contributed by atoms with Crippen molar-refractivity contribution in [2.24, 2.45) is 7.05 Å². The van der Waals surface area contributed by atoms with E-state index < -0.39 is 0 Å². The van der Waals surface area contributed by atoms with Gasteiger partial charge in [-0.05, 0) is 20.8 Å². The van der Waals surface area contributed by atoms with E-state index in [1.165, 1.54) is 0 Å². The third-order valence-corrected chi connectivity index (χ3v) is 4.55. The predicted octanol–water partition coefficient (Wildman–Crippen LogP) is 3.39. The van der Waals surface area contributed by atoms with Crippen LogP contribution in [-0.4, -0.2) is 24.3 Å². The highest BCUT2D eigenvalue weighted by molar-refractivity contribution is 7.09. The highest BCUT2D eigenvalue weighted by Crippen LogP contribution is 2.26. The molecule has 0 spiro atoms. The summed E-state index contributed by atoms with van der Waals surface area (Å²) in [7, 11) is 1.95. The molecule has 5 nitrogen and oxygen atoms in total. The molecule has 7 heteroatoms. The SMILES string of the molecule is Cc1nc(CCn2c(C(C)Cl)nc3c(C)nn(C)c32)cs1. The number of thiazole rings is 1. The van der Waals surface area contributed by atoms with Crippen LogP contribution in [0.15, 0.2) is 5.38 Å². The van der Waals surface area contributed by atoms with Crippen molar-refractivity contribution in [3.63, 3.8) is 0 Å². The van der Waals surface area contributed by atoms with Gasteiger partial charge in [0.1, 0.15) is 11.3 Å². The van der Waals surface area contributed by atoms with Gasteiger partial charge in [0, 0.05) is 25.4 Å². The lowest BCUT2D eigenvalue weighted by molar-refractivity contribution is 0.632. The van der Waals surface area contributed by atoms with Crippen LogP contribution in [0.5, 0.6) is 0 Å². The minimum absolute atomic E-state index is 0.131. The lowest BCUT2D eigenvalue weighted by Crippen LogP contribution is -2.10. The van der Waals surface area contributed by atoms with Crippen LogP contribution < -0.4 is 0 Å². The van der Waals surface area contributed by atoms with Gasteiger partial charge in [0.2, 0.25) is 0 Å². The first-order valence-electron chi connectivity index (χ1n) is 6.92. The Morgan fingerprint density at radius 2 is 2.10 bits per heavy atom. The first kappa shape index (κ1) is 14.5.